The Morgan fingerprint density at radius 2 is 2.00 bits per heavy atom. The summed E-state index contributed by atoms with van der Waals surface area (Å²) >= 11 is 12.0. The van der Waals surface area contributed by atoms with Gasteiger partial charge in [0.25, 0.3) is 5.91 Å². The molecule has 0 spiro atoms. The number of rotatable bonds is 6. The first-order valence-electron chi connectivity index (χ1n) is 6.86. The van der Waals surface area contributed by atoms with Crippen molar-refractivity contribution in [2.45, 2.75) is 18.7 Å². The largest absolute Gasteiger partial charge is 0.291 e. The number of anilines is 1. The summed E-state index contributed by atoms with van der Waals surface area (Å²) in [6.07, 6.45) is 1.21. The number of aromatic nitrogens is 3. The Morgan fingerprint density at radius 1 is 1.29 bits per heavy atom. The molecule has 0 fully saturated rings. The number of benzene rings is 1. The molecule has 1 aromatic heterocycles. The van der Waals surface area contributed by atoms with Gasteiger partial charge in [-0.1, -0.05) is 37.0 Å². The smallest absolute Gasteiger partial charge is 0.259 e. The van der Waals surface area contributed by atoms with Crippen LogP contribution in [0.15, 0.2) is 23.4 Å². The predicted octanol–water partition coefficient (Wildman–Crippen LogP) is 2.30. The van der Waals surface area contributed by atoms with Crippen LogP contribution >= 0.6 is 23.2 Å². The standard InChI is InChI=1S/C13H15Cl2N5O3S/c1-7(2)5-18-24(22,23)11-3-8(9(14)4-10(11)15)12(21)19-13-16-6-17-20-13/h3-4,6-7,18H,5H2,1-2H3,(H2,16,17,19,20,21). The molecule has 0 unspecified atom stereocenters. The minimum absolute atomic E-state index is 0.0137. The molecule has 0 aliphatic heterocycles. The van der Waals surface area contributed by atoms with Gasteiger partial charge in [0.05, 0.1) is 15.6 Å². The van der Waals surface area contributed by atoms with Crippen LogP contribution in [0, 0.1) is 5.92 Å². The van der Waals surface area contributed by atoms with Crippen LogP contribution in [0.2, 0.25) is 10.0 Å². The molecule has 0 saturated heterocycles. The van der Waals surface area contributed by atoms with Gasteiger partial charge in [-0.3, -0.25) is 10.1 Å². The summed E-state index contributed by atoms with van der Waals surface area (Å²) in [7, 11) is -3.88. The first-order valence-corrected chi connectivity index (χ1v) is 9.10. The highest BCUT2D eigenvalue weighted by Crippen LogP contribution is 2.29. The fourth-order valence-electron chi connectivity index (χ4n) is 1.70. The molecule has 8 nitrogen and oxygen atoms in total. The average Bonchev–Trinajstić information content (AvgIpc) is 2.97. The van der Waals surface area contributed by atoms with Crippen LogP contribution in [0.3, 0.4) is 0 Å². The number of sulfonamides is 1. The Labute approximate surface area is 149 Å². The summed E-state index contributed by atoms with van der Waals surface area (Å²) in [5, 5.41) is 8.40. The van der Waals surface area contributed by atoms with E-state index in [9.17, 15) is 13.2 Å². The number of carbonyl (C=O) groups is 1. The molecule has 2 aromatic rings. The molecule has 0 aliphatic rings. The number of hydrogen-bond donors (Lipinski definition) is 3. The van der Waals surface area contributed by atoms with Gasteiger partial charge in [-0.25, -0.2) is 18.2 Å². The molecule has 24 heavy (non-hydrogen) atoms. The van der Waals surface area contributed by atoms with E-state index in [2.05, 4.69) is 25.2 Å². The zero-order valence-electron chi connectivity index (χ0n) is 12.8. The Bertz CT molecular complexity index is 838. The maximum Gasteiger partial charge on any atom is 0.259 e. The molecule has 130 valence electrons. The van der Waals surface area contributed by atoms with Gasteiger partial charge in [0.1, 0.15) is 11.2 Å². The topological polar surface area (TPSA) is 117 Å². The van der Waals surface area contributed by atoms with E-state index in [1.54, 1.807) is 0 Å². The molecule has 1 amide bonds. The van der Waals surface area contributed by atoms with Gasteiger partial charge in [0, 0.05) is 6.54 Å². The van der Waals surface area contributed by atoms with E-state index >= 15 is 0 Å². The fourth-order valence-corrected chi connectivity index (χ4v) is 3.77. The number of nitrogens with zero attached hydrogens (tertiary/aromatic N) is 2. The van der Waals surface area contributed by atoms with E-state index in [4.69, 9.17) is 23.2 Å². The average molecular weight is 392 g/mol. The molecular formula is C13H15Cl2N5O3S. The first-order chi connectivity index (χ1) is 11.2. The van der Waals surface area contributed by atoms with E-state index in [1.165, 1.54) is 12.4 Å². The molecule has 0 saturated carbocycles. The van der Waals surface area contributed by atoms with Crippen LogP contribution in [0.25, 0.3) is 0 Å². The van der Waals surface area contributed by atoms with Gasteiger partial charge in [0.15, 0.2) is 0 Å². The lowest BCUT2D eigenvalue weighted by Crippen LogP contribution is -2.28. The van der Waals surface area contributed by atoms with Crippen molar-refractivity contribution in [3.63, 3.8) is 0 Å². The normalized spacial score (nSPS) is 11.7. The summed E-state index contributed by atoms with van der Waals surface area (Å²) in [6.45, 7) is 3.96. The molecule has 0 bridgehead atoms. The zero-order chi connectivity index (χ0) is 17.9. The molecule has 11 heteroatoms. The maximum absolute atomic E-state index is 12.4. The molecule has 1 heterocycles. The summed E-state index contributed by atoms with van der Waals surface area (Å²) in [5.74, 6) is -0.429. The number of nitrogens with one attached hydrogen (secondary N) is 3. The van der Waals surface area contributed by atoms with E-state index in [0.717, 1.165) is 6.07 Å². The number of aromatic amines is 1. The number of H-pyrrole nitrogens is 1. The van der Waals surface area contributed by atoms with Crippen molar-refractivity contribution < 1.29 is 13.2 Å². The van der Waals surface area contributed by atoms with Crippen molar-refractivity contribution in [2.75, 3.05) is 11.9 Å². The quantitative estimate of drug-likeness (QED) is 0.698. The van der Waals surface area contributed by atoms with Crippen LogP contribution in [0.1, 0.15) is 24.2 Å². The lowest BCUT2D eigenvalue weighted by Gasteiger charge is -2.12. The van der Waals surface area contributed by atoms with Gasteiger partial charge < -0.3 is 0 Å². The van der Waals surface area contributed by atoms with Crippen molar-refractivity contribution in [1.82, 2.24) is 19.9 Å². The number of hydrogen-bond acceptors (Lipinski definition) is 5. The van der Waals surface area contributed by atoms with Gasteiger partial charge in [-0.05, 0) is 18.1 Å². The van der Waals surface area contributed by atoms with Crippen LogP contribution in [0.4, 0.5) is 5.95 Å². The minimum atomic E-state index is -3.88. The summed E-state index contributed by atoms with van der Waals surface area (Å²) in [4.78, 5) is 15.8. The Morgan fingerprint density at radius 3 is 2.58 bits per heavy atom. The third kappa shape index (κ3) is 4.44. The lowest BCUT2D eigenvalue weighted by atomic mass is 10.2. The van der Waals surface area contributed by atoms with Gasteiger partial charge in [-0.2, -0.15) is 10.1 Å². The molecule has 0 radical (unpaired) electrons. The summed E-state index contributed by atoms with van der Waals surface area (Å²) in [5.41, 5.74) is -0.0533. The van der Waals surface area contributed by atoms with Crippen molar-refractivity contribution in [3.8, 4) is 0 Å². The van der Waals surface area contributed by atoms with Gasteiger partial charge in [0.2, 0.25) is 16.0 Å². The number of amides is 1. The van der Waals surface area contributed by atoms with Crippen molar-refractivity contribution in [2.24, 2.45) is 5.92 Å². The SMILES string of the molecule is CC(C)CNS(=O)(=O)c1cc(C(=O)Nc2ncn[nH]2)c(Cl)cc1Cl. The molecule has 2 rings (SSSR count). The van der Waals surface area contributed by atoms with E-state index in [0.29, 0.717) is 0 Å². The Balaban J connectivity index is 2.35. The third-order valence-electron chi connectivity index (χ3n) is 2.88. The van der Waals surface area contributed by atoms with Crippen molar-refractivity contribution >= 4 is 45.1 Å². The van der Waals surface area contributed by atoms with Crippen molar-refractivity contribution in [3.05, 3.63) is 34.1 Å². The summed E-state index contributed by atoms with van der Waals surface area (Å²) < 4.78 is 27.2. The van der Waals surface area contributed by atoms with Gasteiger partial charge >= 0.3 is 0 Å². The second kappa shape index (κ2) is 7.47. The highest BCUT2D eigenvalue weighted by Gasteiger charge is 2.23. The Hall–Kier alpha value is -1.68. The highest BCUT2D eigenvalue weighted by atomic mass is 35.5. The van der Waals surface area contributed by atoms with E-state index < -0.39 is 15.9 Å². The lowest BCUT2D eigenvalue weighted by molar-refractivity contribution is 0.102. The van der Waals surface area contributed by atoms with Gasteiger partial charge in [-0.15, -0.1) is 0 Å². The molecule has 3 N–H and O–H groups in total. The molecule has 0 atom stereocenters. The Kier molecular flexibility index (Phi) is 5.81. The molecular weight excluding hydrogens is 377 g/mol. The monoisotopic (exact) mass is 391 g/mol. The number of carbonyl (C=O) groups excluding carboxylic acids is 1. The van der Waals surface area contributed by atoms with E-state index in [-0.39, 0.29) is 38.9 Å². The van der Waals surface area contributed by atoms with Crippen LogP contribution < -0.4 is 10.0 Å². The van der Waals surface area contributed by atoms with E-state index in [1.807, 2.05) is 13.8 Å². The zero-order valence-corrected chi connectivity index (χ0v) is 15.1. The maximum atomic E-state index is 12.4. The third-order valence-corrected chi connectivity index (χ3v) is 5.09. The second-order valence-corrected chi connectivity index (χ2v) is 7.85. The van der Waals surface area contributed by atoms with Crippen LogP contribution in [-0.4, -0.2) is 36.1 Å². The van der Waals surface area contributed by atoms with Crippen LogP contribution in [0.5, 0.6) is 0 Å². The highest BCUT2D eigenvalue weighted by molar-refractivity contribution is 7.89. The second-order valence-electron chi connectivity index (χ2n) is 5.30. The summed E-state index contributed by atoms with van der Waals surface area (Å²) in [6, 6.07) is 2.33. The first kappa shape index (κ1) is 18.7. The molecule has 0 aliphatic carbocycles. The number of halogens is 2. The van der Waals surface area contributed by atoms with Crippen molar-refractivity contribution in [1.29, 1.82) is 0 Å². The predicted molar refractivity (Wildman–Crippen MR) is 90.8 cm³/mol. The fraction of sp³-hybridized carbons (Fsp3) is 0.308. The van der Waals surface area contributed by atoms with Crippen LogP contribution in [-0.2, 0) is 10.0 Å². The molecule has 1 aromatic carbocycles. The minimum Gasteiger partial charge on any atom is -0.291 e.